The van der Waals surface area contributed by atoms with Crippen LogP contribution in [0.2, 0.25) is 0 Å². The van der Waals surface area contributed by atoms with E-state index in [1.807, 2.05) is 0 Å². The zero-order chi connectivity index (χ0) is 14.0. The summed E-state index contributed by atoms with van der Waals surface area (Å²) in [4.78, 5) is 10.8. The van der Waals surface area contributed by atoms with Gasteiger partial charge in [0.05, 0.1) is 4.90 Å². The summed E-state index contributed by atoms with van der Waals surface area (Å²) in [6.45, 7) is 0. The Morgan fingerprint density at radius 2 is 1.42 bits per heavy atom. The van der Waals surface area contributed by atoms with Gasteiger partial charge in [-0.2, -0.15) is 15.0 Å². The lowest BCUT2D eigenvalue weighted by Gasteiger charge is -2.07. The summed E-state index contributed by atoms with van der Waals surface area (Å²) in [6.07, 6.45) is 0. The van der Waals surface area contributed by atoms with Crippen LogP contribution >= 0.6 is 0 Å². The first-order valence-corrected chi connectivity index (χ1v) is 6.50. The van der Waals surface area contributed by atoms with Gasteiger partial charge in [0.15, 0.2) is 0 Å². The van der Waals surface area contributed by atoms with E-state index in [2.05, 4.69) is 19.7 Å². The molecule has 0 saturated carbocycles. The summed E-state index contributed by atoms with van der Waals surface area (Å²) >= 11 is 0. The van der Waals surface area contributed by atoms with Gasteiger partial charge in [0, 0.05) is 5.69 Å². The number of hydrogen-bond donors (Lipinski definition) is 4. The quantitative estimate of drug-likeness (QED) is 0.543. The van der Waals surface area contributed by atoms with Crippen LogP contribution in [-0.2, 0) is 10.0 Å². The van der Waals surface area contributed by atoms with Gasteiger partial charge in [-0.05, 0) is 24.3 Å². The predicted octanol–water partition coefficient (Wildman–Crippen LogP) is -0.581. The fourth-order valence-electron chi connectivity index (χ4n) is 1.28. The van der Waals surface area contributed by atoms with Crippen molar-refractivity contribution in [2.75, 3.05) is 21.9 Å². The van der Waals surface area contributed by atoms with E-state index in [9.17, 15) is 8.42 Å². The molecule has 7 N–H and O–H groups in total. The SMILES string of the molecule is Nc1ccc(S(=O)(=O)Nc2nc(N)nc(N)n2)cc1. The van der Waals surface area contributed by atoms with Crippen molar-refractivity contribution in [1.29, 1.82) is 0 Å². The summed E-state index contributed by atoms with van der Waals surface area (Å²) < 4.78 is 26.1. The molecule has 0 aliphatic rings. The highest BCUT2D eigenvalue weighted by atomic mass is 32.2. The maximum atomic E-state index is 12.0. The lowest BCUT2D eigenvalue weighted by Crippen LogP contribution is -2.16. The van der Waals surface area contributed by atoms with Gasteiger partial charge in [-0.1, -0.05) is 0 Å². The Kier molecular flexibility index (Phi) is 3.09. The Balaban J connectivity index is 2.33. The van der Waals surface area contributed by atoms with Crippen molar-refractivity contribution >= 4 is 33.6 Å². The summed E-state index contributed by atoms with van der Waals surface area (Å²) in [5, 5.41) is 0. The molecule has 9 nitrogen and oxygen atoms in total. The van der Waals surface area contributed by atoms with Crippen LogP contribution in [0.3, 0.4) is 0 Å². The van der Waals surface area contributed by atoms with Gasteiger partial charge in [-0.15, -0.1) is 0 Å². The Morgan fingerprint density at radius 1 is 0.895 bits per heavy atom. The smallest absolute Gasteiger partial charge is 0.264 e. The first kappa shape index (κ1) is 12.8. The van der Waals surface area contributed by atoms with E-state index < -0.39 is 10.0 Å². The van der Waals surface area contributed by atoms with Crippen LogP contribution in [0, 0.1) is 0 Å². The number of aromatic nitrogens is 3. The number of anilines is 4. The second-order valence-corrected chi connectivity index (χ2v) is 5.23. The molecular weight excluding hydrogens is 270 g/mol. The summed E-state index contributed by atoms with van der Waals surface area (Å²) in [6, 6.07) is 5.63. The number of rotatable bonds is 3. The Morgan fingerprint density at radius 3 is 1.95 bits per heavy atom. The first-order valence-electron chi connectivity index (χ1n) is 5.02. The van der Waals surface area contributed by atoms with Crippen LogP contribution in [0.5, 0.6) is 0 Å². The second-order valence-electron chi connectivity index (χ2n) is 3.55. The van der Waals surface area contributed by atoms with Crippen LogP contribution < -0.4 is 21.9 Å². The molecule has 2 aromatic rings. The van der Waals surface area contributed by atoms with Crippen molar-refractivity contribution in [1.82, 2.24) is 15.0 Å². The molecule has 19 heavy (non-hydrogen) atoms. The van der Waals surface area contributed by atoms with Gasteiger partial charge in [0.2, 0.25) is 17.8 Å². The van der Waals surface area contributed by atoms with Crippen LogP contribution in [-0.4, -0.2) is 23.4 Å². The van der Waals surface area contributed by atoms with Crippen LogP contribution in [0.1, 0.15) is 0 Å². The van der Waals surface area contributed by atoms with Crippen LogP contribution in [0.15, 0.2) is 29.2 Å². The molecule has 0 bridgehead atoms. The largest absolute Gasteiger partial charge is 0.399 e. The number of nitrogens with one attached hydrogen (secondary N) is 1. The molecule has 0 fully saturated rings. The first-order chi connectivity index (χ1) is 8.87. The van der Waals surface area contributed by atoms with Crippen molar-refractivity contribution in [2.24, 2.45) is 0 Å². The molecule has 10 heteroatoms. The minimum absolute atomic E-state index is 0.0132. The average Bonchev–Trinajstić information content (AvgIpc) is 2.27. The van der Waals surface area contributed by atoms with E-state index in [1.54, 1.807) is 0 Å². The van der Waals surface area contributed by atoms with Crippen LogP contribution in [0.4, 0.5) is 23.5 Å². The van der Waals surface area contributed by atoms with Gasteiger partial charge < -0.3 is 17.2 Å². The minimum atomic E-state index is -3.83. The fraction of sp³-hybridized carbons (Fsp3) is 0. The van der Waals surface area contributed by atoms with E-state index in [0.29, 0.717) is 5.69 Å². The monoisotopic (exact) mass is 281 g/mol. The van der Waals surface area contributed by atoms with E-state index in [1.165, 1.54) is 24.3 Å². The molecule has 0 aliphatic heterocycles. The molecule has 0 saturated heterocycles. The second kappa shape index (κ2) is 4.57. The normalized spacial score (nSPS) is 11.2. The molecule has 0 amide bonds. The lowest BCUT2D eigenvalue weighted by atomic mass is 10.3. The molecular formula is C9H11N7O2S. The number of sulfonamides is 1. The van der Waals surface area contributed by atoms with Crippen molar-refractivity contribution in [3.63, 3.8) is 0 Å². The number of nitrogen functional groups attached to an aromatic ring is 3. The van der Waals surface area contributed by atoms with Gasteiger partial charge in [-0.25, -0.2) is 13.1 Å². The fourth-order valence-corrected chi connectivity index (χ4v) is 2.22. The van der Waals surface area contributed by atoms with E-state index in [-0.39, 0.29) is 22.7 Å². The van der Waals surface area contributed by atoms with Crippen molar-refractivity contribution in [3.05, 3.63) is 24.3 Å². The highest BCUT2D eigenvalue weighted by Crippen LogP contribution is 2.15. The molecule has 0 spiro atoms. The molecule has 0 aliphatic carbocycles. The third kappa shape index (κ3) is 2.98. The molecule has 1 aromatic heterocycles. The lowest BCUT2D eigenvalue weighted by molar-refractivity contribution is 0.601. The van der Waals surface area contributed by atoms with Crippen molar-refractivity contribution in [3.8, 4) is 0 Å². The molecule has 1 aromatic carbocycles. The number of nitrogens with two attached hydrogens (primary N) is 3. The van der Waals surface area contributed by atoms with E-state index in [0.717, 1.165) is 0 Å². The molecule has 2 rings (SSSR count). The van der Waals surface area contributed by atoms with Crippen LogP contribution in [0.25, 0.3) is 0 Å². The Hall–Kier alpha value is -2.62. The van der Waals surface area contributed by atoms with Gasteiger partial charge >= 0.3 is 0 Å². The molecule has 0 unspecified atom stereocenters. The average molecular weight is 281 g/mol. The number of nitrogens with zero attached hydrogens (tertiary/aromatic N) is 3. The summed E-state index contributed by atoms with van der Waals surface area (Å²) in [7, 11) is -3.83. The van der Waals surface area contributed by atoms with E-state index >= 15 is 0 Å². The highest BCUT2D eigenvalue weighted by Gasteiger charge is 2.16. The van der Waals surface area contributed by atoms with Gasteiger partial charge in [-0.3, -0.25) is 0 Å². The minimum Gasteiger partial charge on any atom is -0.399 e. The molecule has 1 heterocycles. The maximum absolute atomic E-state index is 12.0. The maximum Gasteiger partial charge on any atom is 0.264 e. The van der Waals surface area contributed by atoms with E-state index in [4.69, 9.17) is 17.2 Å². The predicted molar refractivity (Wildman–Crippen MR) is 70.3 cm³/mol. The van der Waals surface area contributed by atoms with Crippen molar-refractivity contribution in [2.45, 2.75) is 4.90 Å². The number of benzene rings is 1. The summed E-state index contributed by atoms with van der Waals surface area (Å²) in [5.74, 6) is -0.605. The Labute approximate surface area is 108 Å². The standard InChI is InChI=1S/C9H11N7O2S/c10-5-1-3-6(4-2-5)19(17,18)16-9-14-7(11)13-8(12)15-9/h1-4H,10H2,(H5,11,12,13,14,15,16). The zero-order valence-electron chi connectivity index (χ0n) is 9.61. The third-order valence-electron chi connectivity index (χ3n) is 2.09. The molecule has 0 radical (unpaired) electrons. The zero-order valence-corrected chi connectivity index (χ0v) is 10.4. The molecule has 100 valence electrons. The molecule has 0 atom stereocenters. The topological polar surface area (TPSA) is 163 Å². The number of hydrogen-bond acceptors (Lipinski definition) is 8. The van der Waals surface area contributed by atoms with Gasteiger partial charge in [0.25, 0.3) is 10.0 Å². The summed E-state index contributed by atoms with van der Waals surface area (Å²) in [5.41, 5.74) is 16.6. The van der Waals surface area contributed by atoms with Gasteiger partial charge in [0.1, 0.15) is 0 Å². The third-order valence-corrected chi connectivity index (χ3v) is 3.43. The van der Waals surface area contributed by atoms with Crippen molar-refractivity contribution < 1.29 is 8.42 Å². The Bertz CT molecular complexity index is 679. The highest BCUT2D eigenvalue weighted by molar-refractivity contribution is 7.92.